The Morgan fingerprint density at radius 3 is 2.87 bits per heavy atom. The van der Waals surface area contributed by atoms with E-state index in [0.717, 1.165) is 16.0 Å². The van der Waals surface area contributed by atoms with Crippen molar-refractivity contribution in [3.8, 4) is 0 Å². The number of aryl methyl sites for hydroxylation is 1. The first-order chi connectivity index (χ1) is 7.16. The predicted molar refractivity (Wildman–Crippen MR) is 73.3 cm³/mol. The summed E-state index contributed by atoms with van der Waals surface area (Å²) in [5.74, 6) is 0.956. The minimum atomic E-state index is 0.956. The zero-order chi connectivity index (χ0) is 10.8. The molecular weight excluding hydrogens is 369 g/mol. The minimum Gasteiger partial charge on any atom is -0.339 e. The number of halogens is 2. The van der Waals surface area contributed by atoms with E-state index in [0.29, 0.717) is 0 Å². The summed E-state index contributed by atoms with van der Waals surface area (Å²) in [6.07, 6.45) is 1.77. The van der Waals surface area contributed by atoms with E-state index in [-0.39, 0.29) is 0 Å². The summed E-state index contributed by atoms with van der Waals surface area (Å²) in [6, 6.07) is 8.19. The van der Waals surface area contributed by atoms with Gasteiger partial charge in [-0.3, -0.25) is 4.68 Å². The van der Waals surface area contributed by atoms with Gasteiger partial charge >= 0.3 is 0 Å². The van der Waals surface area contributed by atoms with Gasteiger partial charge in [0.1, 0.15) is 5.82 Å². The van der Waals surface area contributed by atoms with Crippen molar-refractivity contribution in [2.75, 3.05) is 5.32 Å². The molecule has 0 aliphatic rings. The highest BCUT2D eigenvalue weighted by Crippen LogP contribution is 2.25. The van der Waals surface area contributed by atoms with Gasteiger partial charge in [0.05, 0.1) is 10.7 Å². The van der Waals surface area contributed by atoms with Crippen LogP contribution in [-0.2, 0) is 7.05 Å². The normalized spacial score (nSPS) is 10.3. The fraction of sp³-hybridized carbons (Fsp3) is 0.100. The zero-order valence-corrected chi connectivity index (χ0v) is 11.8. The Morgan fingerprint density at radius 1 is 1.47 bits per heavy atom. The van der Waals surface area contributed by atoms with Crippen molar-refractivity contribution in [2.24, 2.45) is 7.05 Å². The van der Waals surface area contributed by atoms with Crippen LogP contribution >= 0.6 is 38.5 Å². The molecule has 5 heteroatoms. The monoisotopic (exact) mass is 377 g/mol. The molecule has 15 heavy (non-hydrogen) atoms. The van der Waals surface area contributed by atoms with Gasteiger partial charge < -0.3 is 5.32 Å². The Kier molecular flexibility index (Phi) is 3.30. The van der Waals surface area contributed by atoms with Crippen LogP contribution in [0.2, 0.25) is 0 Å². The molecule has 78 valence electrons. The van der Waals surface area contributed by atoms with Crippen LogP contribution in [0.3, 0.4) is 0 Å². The minimum absolute atomic E-state index is 0.956. The highest BCUT2D eigenvalue weighted by molar-refractivity contribution is 14.1. The highest BCUT2D eigenvalue weighted by atomic mass is 127. The first-order valence-electron chi connectivity index (χ1n) is 4.37. The van der Waals surface area contributed by atoms with Crippen LogP contribution in [0.5, 0.6) is 0 Å². The van der Waals surface area contributed by atoms with Gasteiger partial charge in [-0.15, -0.1) is 0 Å². The summed E-state index contributed by atoms with van der Waals surface area (Å²) < 4.78 is 3.96. The maximum Gasteiger partial charge on any atom is 0.142 e. The van der Waals surface area contributed by atoms with Gasteiger partial charge in [-0.05, 0) is 56.7 Å². The molecule has 0 fully saturated rings. The lowest BCUT2D eigenvalue weighted by atomic mass is 10.3. The maximum atomic E-state index is 4.14. The molecule has 0 saturated heterocycles. The van der Waals surface area contributed by atoms with E-state index in [2.05, 4.69) is 61.1 Å². The number of anilines is 2. The molecular formula is C10H9BrIN3. The molecule has 1 heterocycles. The van der Waals surface area contributed by atoms with Gasteiger partial charge in [-0.2, -0.15) is 5.10 Å². The topological polar surface area (TPSA) is 29.9 Å². The first-order valence-corrected chi connectivity index (χ1v) is 6.24. The third-order valence-electron chi connectivity index (χ3n) is 1.98. The van der Waals surface area contributed by atoms with Crippen molar-refractivity contribution < 1.29 is 0 Å². The van der Waals surface area contributed by atoms with Crippen LogP contribution < -0.4 is 5.32 Å². The van der Waals surface area contributed by atoms with E-state index in [1.54, 1.807) is 10.9 Å². The number of nitrogens with zero attached hydrogens (tertiary/aromatic N) is 2. The van der Waals surface area contributed by atoms with E-state index >= 15 is 0 Å². The molecule has 0 atom stereocenters. The second-order valence-electron chi connectivity index (χ2n) is 3.10. The molecule has 0 radical (unpaired) electrons. The molecule has 0 saturated carbocycles. The van der Waals surface area contributed by atoms with Crippen LogP contribution in [0.1, 0.15) is 0 Å². The summed E-state index contributed by atoms with van der Waals surface area (Å²) >= 11 is 5.74. The third-order valence-corrected chi connectivity index (χ3v) is 3.23. The average Bonchev–Trinajstić information content (AvgIpc) is 2.50. The molecule has 1 aromatic heterocycles. The van der Waals surface area contributed by atoms with Crippen molar-refractivity contribution in [1.82, 2.24) is 9.78 Å². The van der Waals surface area contributed by atoms with Gasteiger partial charge in [-0.25, -0.2) is 0 Å². The van der Waals surface area contributed by atoms with Crippen molar-refractivity contribution in [3.63, 3.8) is 0 Å². The molecule has 2 aromatic rings. The van der Waals surface area contributed by atoms with Crippen LogP contribution in [0.25, 0.3) is 0 Å². The number of nitrogens with one attached hydrogen (secondary N) is 1. The molecule has 0 unspecified atom stereocenters. The number of aromatic nitrogens is 2. The fourth-order valence-electron chi connectivity index (χ4n) is 1.25. The summed E-state index contributed by atoms with van der Waals surface area (Å²) in [5.41, 5.74) is 1.06. The van der Waals surface area contributed by atoms with Gasteiger partial charge in [0, 0.05) is 16.3 Å². The largest absolute Gasteiger partial charge is 0.339 e. The van der Waals surface area contributed by atoms with Crippen LogP contribution in [-0.4, -0.2) is 9.78 Å². The van der Waals surface area contributed by atoms with Crippen molar-refractivity contribution >= 4 is 50.0 Å². The SMILES string of the molecule is Cn1ncc(Br)c1Nc1cccc(I)c1. The number of hydrogen-bond donors (Lipinski definition) is 1. The Morgan fingerprint density at radius 2 is 2.27 bits per heavy atom. The summed E-state index contributed by atoms with van der Waals surface area (Å²) in [6.45, 7) is 0. The second-order valence-corrected chi connectivity index (χ2v) is 5.20. The Hall–Kier alpha value is -0.560. The lowest BCUT2D eigenvalue weighted by Gasteiger charge is -2.07. The fourth-order valence-corrected chi connectivity index (χ4v) is 2.24. The van der Waals surface area contributed by atoms with Gasteiger partial charge in [0.15, 0.2) is 0 Å². The van der Waals surface area contributed by atoms with Crippen molar-refractivity contribution in [1.29, 1.82) is 0 Å². The van der Waals surface area contributed by atoms with Gasteiger partial charge in [-0.1, -0.05) is 6.07 Å². The maximum absolute atomic E-state index is 4.14. The molecule has 1 N–H and O–H groups in total. The molecule has 0 amide bonds. The van der Waals surface area contributed by atoms with E-state index in [1.807, 2.05) is 19.2 Å². The van der Waals surface area contributed by atoms with E-state index in [1.165, 1.54) is 3.57 Å². The molecule has 0 aliphatic heterocycles. The molecule has 2 rings (SSSR count). The predicted octanol–water partition coefficient (Wildman–Crippen LogP) is 3.53. The van der Waals surface area contributed by atoms with Crippen molar-refractivity contribution in [3.05, 3.63) is 38.5 Å². The molecule has 0 spiro atoms. The number of rotatable bonds is 2. The number of hydrogen-bond acceptors (Lipinski definition) is 2. The Bertz CT molecular complexity index is 462. The first kappa shape index (κ1) is 10.9. The van der Waals surface area contributed by atoms with Gasteiger partial charge in [0.25, 0.3) is 0 Å². The lowest BCUT2D eigenvalue weighted by molar-refractivity contribution is 0.776. The highest BCUT2D eigenvalue weighted by Gasteiger charge is 2.05. The summed E-state index contributed by atoms with van der Waals surface area (Å²) in [5, 5.41) is 7.45. The molecule has 3 nitrogen and oxygen atoms in total. The van der Waals surface area contributed by atoms with Gasteiger partial charge in [0.2, 0.25) is 0 Å². The van der Waals surface area contributed by atoms with Crippen LogP contribution in [0.15, 0.2) is 34.9 Å². The standard InChI is InChI=1S/C10H9BrIN3/c1-15-10(9(11)6-13-15)14-8-4-2-3-7(12)5-8/h2-6,14H,1H3. The smallest absolute Gasteiger partial charge is 0.142 e. The van der Waals surface area contributed by atoms with E-state index in [4.69, 9.17) is 0 Å². The molecule has 0 aliphatic carbocycles. The second kappa shape index (κ2) is 4.52. The lowest BCUT2D eigenvalue weighted by Crippen LogP contribution is -1.99. The average molecular weight is 378 g/mol. The van der Waals surface area contributed by atoms with E-state index < -0.39 is 0 Å². The Labute approximate surface area is 110 Å². The Balaban J connectivity index is 2.29. The summed E-state index contributed by atoms with van der Waals surface area (Å²) in [7, 11) is 1.90. The van der Waals surface area contributed by atoms with Crippen molar-refractivity contribution in [2.45, 2.75) is 0 Å². The molecule has 0 bridgehead atoms. The quantitative estimate of drug-likeness (QED) is 0.811. The number of benzene rings is 1. The third kappa shape index (κ3) is 2.52. The molecule has 1 aromatic carbocycles. The summed E-state index contributed by atoms with van der Waals surface area (Å²) in [4.78, 5) is 0. The van der Waals surface area contributed by atoms with Crippen LogP contribution in [0.4, 0.5) is 11.5 Å². The zero-order valence-electron chi connectivity index (χ0n) is 8.04. The van der Waals surface area contributed by atoms with Crippen LogP contribution in [0, 0.1) is 3.57 Å². The van der Waals surface area contributed by atoms with E-state index in [9.17, 15) is 0 Å².